The van der Waals surface area contributed by atoms with E-state index < -0.39 is 30.2 Å². The number of nitrogens with zero attached hydrogens (tertiary/aromatic N) is 2. The van der Waals surface area contributed by atoms with Crippen molar-refractivity contribution in [2.24, 2.45) is 4.99 Å². The molecular weight excluding hydrogens is 458 g/mol. The van der Waals surface area contributed by atoms with Crippen LogP contribution in [-0.4, -0.2) is 42.5 Å². The van der Waals surface area contributed by atoms with Gasteiger partial charge < -0.3 is 9.47 Å². The van der Waals surface area contributed by atoms with E-state index in [1.165, 1.54) is 4.90 Å². The van der Waals surface area contributed by atoms with Crippen LogP contribution in [0.1, 0.15) is 30.5 Å². The van der Waals surface area contributed by atoms with Gasteiger partial charge in [0, 0.05) is 11.1 Å². The largest absolute Gasteiger partial charge is 0.464 e. The number of nitrogens with one attached hydrogen (secondary N) is 1. The molecule has 1 N–H and O–H groups in total. The number of hydrogen-bond acceptors (Lipinski definition) is 6. The molecule has 184 valence electrons. The van der Waals surface area contributed by atoms with Gasteiger partial charge in [-0.2, -0.15) is 0 Å². The third-order valence-corrected chi connectivity index (χ3v) is 5.68. The Morgan fingerprint density at radius 2 is 1.58 bits per heavy atom. The van der Waals surface area contributed by atoms with Gasteiger partial charge in [0.1, 0.15) is 12.6 Å². The van der Waals surface area contributed by atoms with Crippen LogP contribution in [0.3, 0.4) is 0 Å². The minimum atomic E-state index is -1.33. The first-order valence-corrected chi connectivity index (χ1v) is 11.7. The molecule has 3 aromatic rings. The summed E-state index contributed by atoms with van der Waals surface area (Å²) in [5, 5.41) is 2.58. The Morgan fingerprint density at radius 1 is 0.944 bits per heavy atom. The van der Waals surface area contributed by atoms with Crippen molar-refractivity contribution < 1.29 is 23.9 Å². The summed E-state index contributed by atoms with van der Waals surface area (Å²) in [5.74, 6) is -1.14. The Hall–Kier alpha value is -4.46. The molecule has 1 aliphatic rings. The number of hydrogen-bond donors (Lipinski definition) is 1. The minimum absolute atomic E-state index is 0.0337. The molecule has 2 amide bonds. The van der Waals surface area contributed by atoms with Gasteiger partial charge in [0.25, 0.3) is 5.91 Å². The number of amides is 2. The normalized spacial score (nSPS) is 15.7. The zero-order chi connectivity index (χ0) is 25.5. The third kappa shape index (κ3) is 5.43. The van der Waals surface area contributed by atoms with Gasteiger partial charge in [-0.25, -0.2) is 14.6 Å². The zero-order valence-corrected chi connectivity index (χ0v) is 20.1. The van der Waals surface area contributed by atoms with Gasteiger partial charge >= 0.3 is 12.1 Å². The maximum atomic E-state index is 13.8. The van der Waals surface area contributed by atoms with E-state index in [9.17, 15) is 14.4 Å². The predicted molar refractivity (Wildman–Crippen MR) is 136 cm³/mol. The molecule has 3 aromatic carbocycles. The molecule has 36 heavy (non-hydrogen) atoms. The Morgan fingerprint density at radius 3 is 2.28 bits per heavy atom. The first kappa shape index (κ1) is 24.7. The number of alkyl carbamates (subject to hydrolysis) is 1. The molecule has 0 bridgehead atoms. The summed E-state index contributed by atoms with van der Waals surface area (Å²) < 4.78 is 10.5. The summed E-state index contributed by atoms with van der Waals surface area (Å²) in [4.78, 5) is 45.2. The van der Waals surface area contributed by atoms with Gasteiger partial charge in [-0.05, 0) is 25.5 Å². The van der Waals surface area contributed by atoms with Gasteiger partial charge in [-0.15, -0.1) is 0 Å². The molecule has 0 saturated heterocycles. The first-order chi connectivity index (χ1) is 17.5. The van der Waals surface area contributed by atoms with E-state index in [0.29, 0.717) is 17.0 Å². The maximum Gasteiger partial charge on any atom is 0.409 e. The quantitative estimate of drug-likeness (QED) is 0.509. The molecule has 0 saturated carbocycles. The lowest BCUT2D eigenvalue weighted by atomic mass is 10.00. The second-order valence-corrected chi connectivity index (χ2v) is 8.11. The fourth-order valence-corrected chi connectivity index (χ4v) is 3.95. The van der Waals surface area contributed by atoms with E-state index in [0.717, 1.165) is 11.1 Å². The summed E-state index contributed by atoms with van der Waals surface area (Å²) in [5.41, 5.74) is 3.21. The molecular formula is C28H27N3O5. The summed E-state index contributed by atoms with van der Waals surface area (Å²) >= 11 is 0. The molecule has 4 rings (SSSR count). The van der Waals surface area contributed by atoms with E-state index in [4.69, 9.17) is 9.47 Å². The lowest BCUT2D eigenvalue weighted by Gasteiger charge is -2.29. The van der Waals surface area contributed by atoms with Gasteiger partial charge in [0.05, 0.1) is 18.0 Å². The van der Waals surface area contributed by atoms with Crippen molar-refractivity contribution in [1.82, 2.24) is 5.32 Å². The second-order valence-electron chi connectivity index (χ2n) is 8.11. The number of ether oxygens (including phenoxy) is 2. The number of carbonyl (C=O) groups is 3. The zero-order valence-electron chi connectivity index (χ0n) is 20.1. The number of para-hydroxylation sites is 1. The number of esters is 1. The molecule has 2 atom stereocenters. The molecule has 8 nitrogen and oxygen atoms in total. The summed E-state index contributed by atoms with van der Waals surface area (Å²) in [6.45, 7) is 3.50. The highest BCUT2D eigenvalue weighted by molar-refractivity contribution is 6.21. The first-order valence-electron chi connectivity index (χ1n) is 11.7. The fourth-order valence-electron chi connectivity index (χ4n) is 3.95. The number of fused-ring (bicyclic) bond motifs is 1. The smallest absolute Gasteiger partial charge is 0.409 e. The summed E-state index contributed by atoms with van der Waals surface area (Å²) in [7, 11) is 0. The van der Waals surface area contributed by atoms with Crippen LogP contribution in [0.5, 0.6) is 0 Å². The van der Waals surface area contributed by atoms with Crippen LogP contribution in [0, 0.1) is 0 Å². The highest BCUT2D eigenvalue weighted by atomic mass is 16.5. The van der Waals surface area contributed by atoms with Crippen LogP contribution >= 0.6 is 0 Å². The fraction of sp³-hybridized carbons (Fsp3) is 0.214. The number of aliphatic imine (C=N–C) groups is 1. The highest BCUT2D eigenvalue weighted by Gasteiger charge is 2.38. The average molecular weight is 486 g/mol. The molecule has 0 fully saturated rings. The summed E-state index contributed by atoms with van der Waals surface area (Å²) in [6, 6.07) is 24.8. The topological polar surface area (TPSA) is 97.3 Å². The molecule has 0 radical (unpaired) electrons. The Kier molecular flexibility index (Phi) is 7.75. The van der Waals surface area contributed by atoms with Crippen LogP contribution < -0.4 is 10.2 Å². The summed E-state index contributed by atoms with van der Waals surface area (Å²) in [6.07, 6.45) is -2.13. The standard InChI is InChI=1S/C28H27N3O5/c1-3-35-27(33)19(2)31-23-17-11-10-16-22(23)24(21-14-8-5-9-15-21)29-25(26(31)32)30-28(34)36-18-20-12-6-4-7-13-20/h4-17,19,25H,3,18H2,1-2H3,(H,30,34). The number of anilines is 1. The van der Waals surface area contributed by atoms with Gasteiger partial charge in [0.2, 0.25) is 6.17 Å². The number of rotatable bonds is 7. The van der Waals surface area contributed by atoms with Crippen molar-refractivity contribution in [3.8, 4) is 0 Å². The molecule has 0 spiro atoms. The lowest BCUT2D eigenvalue weighted by Crippen LogP contribution is -2.52. The SMILES string of the molecule is CCOC(=O)C(C)N1C(=O)C(NC(=O)OCc2ccccc2)N=C(c2ccccc2)c2ccccc21. The van der Waals surface area contributed by atoms with Crippen LogP contribution in [0.15, 0.2) is 89.9 Å². The number of carbonyl (C=O) groups excluding carboxylic acids is 3. The van der Waals surface area contributed by atoms with Gasteiger partial charge in [-0.1, -0.05) is 78.9 Å². The lowest BCUT2D eigenvalue weighted by molar-refractivity contribution is -0.145. The van der Waals surface area contributed by atoms with Crippen molar-refractivity contribution >= 4 is 29.4 Å². The highest BCUT2D eigenvalue weighted by Crippen LogP contribution is 2.30. The predicted octanol–water partition coefficient (Wildman–Crippen LogP) is 4.07. The number of benzodiazepines with no additional fused rings is 1. The Bertz CT molecular complexity index is 1260. The van der Waals surface area contributed by atoms with E-state index in [-0.39, 0.29) is 13.2 Å². The van der Waals surface area contributed by atoms with Crippen molar-refractivity contribution in [3.63, 3.8) is 0 Å². The molecule has 2 unspecified atom stereocenters. The van der Waals surface area contributed by atoms with Crippen molar-refractivity contribution in [3.05, 3.63) is 102 Å². The molecule has 0 aliphatic carbocycles. The maximum absolute atomic E-state index is 13.8. The van der Waals surface area contributed by atoms with Crippen LogP contribution in [0.25, 0.3) is 0 Å². The van der Waals surface area contributed by atoms with Crippen LogP contribution in [0.4, 0.5) is 10.5 Å². The molecule has 1 aliphatic heterocycles. The molecule has 1 heterocycles. The van der Waals surface area contributed by atoms with E-state index in [1.54, 1.807) is 26.0 Å². The van der Waals surface area contributed by atoms with E-state index >= 15 is 0 Å². The Balaban J connectivity index is 1.72. The van der Waals surface area contributed by atoms with Crippen molar-refractivity contribution in [2.45, 2.75) is 32.7 Å². The van der Waals surface area contributed by atoms with Crippen LogP contribution in [0.2, 0.25) is 0 Å². The van der Waals surface area contributed by atoms with E-state index in [2.05, 4.69) is 10.3 Å². The minimum Gasteiger partial charge on any atom is -0.464 e. The third-order valence-electron chi connectivity index (χ3n) is 5.68. The molecule has 0 aromatic heterocycles. The van der Waals surface area contributed by atoms with E-state index in [1.807, 2.05) is 72.8 Å². The van der Waals surface area contributed by atoms with Crippen molar-refractivity contribution in [1.29, 1.82) is 0 Å². The van der Waals surface area contributed by atoms with Crippen molar-refractivity contribution in [2.75, 3.05) is 11.5 Å². The Labute approximate surface area is 209 Å². The van der Waals surface area contributed by atoms with Gasteiger partial charge in [0.15, 0.2) is 0 Å². The molecule has 8 heteroatoms. The monoisotopic (exact) mass is 485 g/mol. The van der Waals surface area contributed by atoms with Gasteiger partial charge in [-0.3, -0.25) is 15.0 Å². The average Bonchev–Trinajstić information content (AvgIpc) is 3.02. The second kappa shape index (κ2) is 11.3. The number of benzene rings is 3. The van der Waals surface area contributed by atoms with Crippen LogP contribution in [-0.2, 0) is 25.7 Å².